The normalized spacial score (nSPS) is 11.4. The Morgan fingerprint density at radius 3 is 2.68 bits per heavy atom. The second kappa shape index (κ2) is 7.09. The van der Waals surface area contributed by atoms with Gasteiger partial charge in [-0.1, -0.05) is 17.7 Å². The van der Waals surface area contributed by atoms with Gasteiger partial charge in [-0.2, -0.15) is 0 Å². The summed E-state index contributed by atoms with van der Waals surface area (Å²) < 4.78 is 45.1. The lowest BCUT2D eigenvalue weighted by Crippen LogP contribution is -2.28. The van der Waals surface area contributed by atoms with Crippen LogP contribution < -0.4 is 9.46 Å². The van der Waals surface area contributed by atoms with Crippen LogP contribution >= 0.6 is 11.6 Å². The van der Waals surface area contributed by atoms with E-state index in [1.165, 1.54) is 12.1 Å². The standard InChI is InChI=1S/C15H15ClFNO3S/c1-11-9-13(17)5-6-15(11)22(19,20)18-7-8-21-14-4-2-3-12(16)10-14/h2-6,9-10,18H,7-8H2,1H3. The summed E-state index contributed by atoms with van der Waals surface area (Å²) in [4.78, 5) is 0.0525. The van der Waals surface area contributed by atoms with Crippen LogP contribution in [0.2, 0.25) is 5.02 Å². The molecule has 0 aromatic heterocycles. The monoisotopic (exact) mass is 343 g/mol. The SMILES string of the molecule is Cc1cc(F)ccc1S(=O)(=O)NCCOc1cccc(Cl)c1. The highest BCUT2D eigenvalue weighted by molar-refractivity contribution is 7.89. The third kappa shape index (κ3) is 4.43. The lowest BCUT2D eigenvalue weighted by atomic mass is 10.2. The third-order valence-electron chi connectivity index (χ3n) is 2.89. The number of aryl methyl sites for hydroxylation is 1. The Morgan fingerprint density at radius 2 is 2.00 bits per heavy atom. The van der Waals surface area contributed by atoms with Crippen molar-refractivity contribution in [3.8, 4) is 5.75 Å². The van der Waals surface area contributed by atoms with Gasteiger partial charge >= 0.3 is 0 Å². The Hall–Kier alpha value is -1.63. The smallest absolute Gasteiger partial charge is 0.240 e. The molecule has 2 rings (SSSR count). The van der Waals surface area contributed by atoms with Gasteiger partial charge in [0.05, 0.1) is 4.90 Å². The summed E-state index contributed by atoms with van der Waals surface area (Å²) in [7, 11) is -3.69. The van der Waals surface area contributed by atoms with Crippen molar-refractivity contribution in [2.45, 2.75) is 11.8 Å². The van der Waals surface area contributed by atoms with E-state index in [0.29, 0.717) is 16.3 Å². The molecular formula is C15H15ClFNO3S. The highest BCUT2D eigenvalue weighted by Gasteiger charge is 2.16. The number of hydrogen-bond acceptors (Lipinski definition) is 3. The quantitative estimate of drug-likeness (QED) is 0.820. The first-order valence-corrected chi connectivity index (χ1v) is 8.39. The molecule has 0 aliphatic rings. The average Bonchev–Trinajstić information content (AvgIpc) is 2.43. The molecule has 0 heterocycles. The molecule has 0 aliphatic heterocycles. The van der Waals surface area contributed by atoms with E-state index in [1.54, 1.807) is 31.2 Å². The maximum Gasteiger partial charge on any atom is 0.240 e. The molecule has 22 heavy (non-hydrogen) atoms. The summed E-state index contributed by atoms with van der Waals surface area (Å²) in [6, 6.07) is 10.4. The first-order valence-electron chi connectivity index (χ1n) is 6.53. The van der Waals surface area contributed by atoms with Gasteiger partial charge in [-0.25, -0.2) is 17.5 Å². The summed E-state index contributed by atoms with van der Waals surface area (Å²) in [5, 5.41) is 0.542. The third-order valence-corrected chi connectivity index (χ3v) is 4.74. The highest BCUT2D eigenvalue weighted by Crippen LogP contribution is 2.17. The number of rotatable bonds is 6. The van der Waals surface area contributed by atoms with E-state index in [0.717, 1.165) is 6.07 Å². The first kappa shape index (κ1) is 16.7. The average molecular weight is 344 g/mol. The summed E-state index contributed by atoms with van der Waals surface area (Å²) in [6.45, 7) is 1.78. The van der Waals surface area contributed by atoms with E-state index >= 15 is 0 Å². The summed E-state index contributed by atoms with van der Waals surface area (Å²) >= 11 is 5.82. The van der Waals surface area contributed by atoms with Gasteiger partial charge in [-0.3, -0.25) is 0 Å². The van der Waals surface area contributed by atoms with Crippen LogP contribution in [-0.2, 0) is 10.0 Å². The minimum absolute atomic E-state index is 0.0525. The molecule has 2 aromatic rings. The Morgan fingerprint density at radius 1 is 1.23 bits per heavy atom. The number of sulfonamides is 1. The van der Waals surface area contributed by atoms with E-state index in [-0.39, 0.29) is 18.0 Å². The van der Waals surface area contributed by atoms with Gasteiger partial charge in [-0.15, -0.1) is 0 Å². The Bertz CT molecular complexity index is 765. The van der Waals surface area contributed by atoms with Crippen molar-refractivity contribution in [1.82, 2.24) is 4.72 Å². The van der Waals surface area contributed by atoms with Crippen LogP contribution in [0, 0.1) is 12.7 Å². The predicted molar refractivity (Wildman–Crippen MR) is 83.3 cm³/mol. The second-order valence-electron chi connectivity index (χ2n) is 4.61. The van der Waals surface area contributed by atoms with Crippen molar-refractivity contribution in [3.05, 3.63) is 58.9 Å². The van der Waals surface area contributed by atoms with Crippen LogP contribution in [0.5, 0.6) is 5.75 Å². The van der Waals surface area contributed by atoms with Crippen LogP contribution in [0.15, 0.2) is 47.4 Å². The minimum Gasteiger partial charge on any atom is -0.492 e. The van der Waals surface area contributed by atoms with Crippen molar-refractivity contribution in [2.75, 3.05) is 13.2 Å². The van der Waals surface area contributed by atoms with Gasteiger partial charge in [-0.05, 0) is 48.9 Å². The molecule has 0 radical (unpaired) electrons. The van der Waals surface area contributed by atoms with E-state index in [9.17, 15) is 12.8 Å². The fraction of sp³-hybridized carbons (Fsp3) is 0.200. The summed E-state index contributed by atoms with van der Waals surface area (Å²) in [5.41, 5.74) is 0.350. The van der Waals surface area contributed by atoms with Crippen LogP contribution in [-0.4, -0.2) is 21.6 Å². The van der Waals surface area contributed by atoms with Gasteiger partial charge in [0.25, 0.3) is 0 Å². The van der Waals surface area contributed by atoms with Gasteiger partial charge < -0.3 is 4.74 Å². The molecule has 118 valence electrons. The zero-order valence-electron chi connectivity index (χ0n) is 11.8. The molecule has 0 aliphatic carbocycles. The van der Waals surface area contributed by atoms with Crippen LogP contribution in [0.3, 0.4) is 0 Å². The van der Waals surface area contributed by atoms with E-state index in [2.05, 4.69) is 4.72 Å². The molecule has 4 nitrogen and oxygen atoms in total. The predicted octanol–water partition coefficient (Wildman–Crippen LogP) is 3.14. The van der Waals surface area contributed by atoms with E-state index in [4.69, 9.17) is 16.3 Å². The second-order valence-corrected chi connectivity index (χ2v) is 6.79. The van der Waals surface area contributed by atoms with Gasteiger partial charge in [0.2, 0.25) is 10.0 Å². The van der Waals surface area contributed by atoms with E-state index < -0.39 is 15.8 Å². The molecule has 1 N–H and O–H groups in total. The van der Waals surface area contributed by atoms with Crippen LogP contribution in [0.4, 0.5) is 4.39 Å². The number of ether oxygens (including phenoxy) is 1. The van der Waals surface area contributed by atoms with Crippen molar-refractivity contribution in [1.29, 1.82) is 0 Å². The van der Waals surface area contributed by atoms with Crippen LogP contribution in [0.1, 0.15) is 5.56 Å². The molecule has 0 bridgehead atoms. The number of nitrogens with one attached hydrogen (secondary N) is 1. The molecule has 0 unspecified atom stereocenters. The van der Waals surface area contributed by atoms with Gasteiger partial charge in [0.1, 0.15) is 18.2 Å². The van der Waals surface area contributed by atoms with Crippen LogP contribution in [0.25, 0.3) is 0 Å². The lowest BCUT2D eigenvalue weighted by molar-refractivity contribution is 0.323. The molecule has 0 spiro atoms. The molecule has 0 saturated carbocycles. The fourth-order valence-corrected chi connectivity index (χ4v) is 3.31. The Labute approximate surface area is 133 Å². The molecular weight excluding hydrogens is 329 g/mol. The lowest BCUT2D eigenvalue weighted by Gasteiger charge is -2.10. The van der Waals surface area contributed by atoms with Gasteiger partial charge in [0.15, 0.2) is 0 Å². The molecule has 0 amide bonds. The highest BCUT2D eigenvalue weighted by atomic mass is 35.5. The largest absolute Gasteiger partial charge is 0.492 e. The first-order chi connectivity index (χ1) is 10.4. The van der Waals surface area contributed by atoms with Gasteiger partial charge in [0, 0.05) is 11.6 Å². The number of halogens is 2. The molecule has 2 aromatic carbocycles. The minimum atomic E-state index is -3.69. The zero-order valence-corrected chi connectivity index (χ0v) is 13.4. The van der Waals surface area contributed by atoms with Crippen molar-refractivity contribution < 1.29 is 17.5 Å². The maximum atomic E-state index is 13.0. The molecule has 0 saturated heterocycles. The molecule has 0 atom stereocenters. The zero-order chi connectivity index (χ0) is 16.2. The van der Waals surface area contributed by atoms with Crippen molar-refractivity contribution in [2.24, 2.45) is 0 Å². The fourth-order valence-electron chi connectivity index (χ4n) is 1.89. The Balaban J connectivity index is 1.93. The van der Waals surface area contributed by atoms with Crippen molar-refractivity contribution >= 4 is 21.6 Å². The number of benzene rings is 2. The van der Waals surface area contributed by atoms with E-state index in [1.807, 2.05) is 0 Å². The molecule has 7 heteroatoms. The summed E-state index contributed by atoms with van der Waals surface area (Å²) in [6.07, 6.45) is 0. The maximum absolute atomic E-state index is 13.0. The Kier molecular flexibility index (Phi) is 5.39. The summed E-state index contributed by atoms with van der Waals surface area (Å²) in [5.74, 6) is 0.0883. The molecule has 0 fully saturated rings. The topological polar surface area (TPSA) is 55.4 Å². The number of hydrogen-bond donors (Lipinski definition) is 1. The van der Waals surface area contributed by atoms with Crippen molar-refractivity contribution in [3.63, 3.8) is 0 Å².